The van der Waals surface area contributed by atoms with Crippen LogP contribution in [0.15, 0.2) is 121 Å². The molecule has 2 heterocycles. The number of carboxylic acid groups (broad SMARTS) is 1. The first-order valence-electron chi connectivity index (χ1n) is 28.6. The molecule has 4 aromatic carbocycles. The third-order valence-electron chi connectivity index (χ3n) is 18.8. The maximum absolute atomic E-state index is 12.1. The Labute approximate surface area is 460 Å². The summed E-state index contributed by atoms with van der Waals surface area (Å²) in [6.07, 6.45) is 20.5. The minimum Gasteiger partial charge on any atom is -0.508 e. The first-order chi connectivity index (χ1) is 37.6. The van der Waals surface area contributed by atoms with Crippen molar-refractivity contribution in [2.75, 3.05) is 13.4 Å². The van der Waals surface area contributed by atoms with Crippen LogP contribution in [0.1, 0.15) is 163 Å². The van der Waals surface area contributed by atoms with Crippen LogP contribution in [-0.2, 0) is 41.7 Å². The predicted molar refractivity (Wildman–Crippen MR) is 304 cm³/mol. The summed E-state index contributed by atoms with van der Waals surface area (Å²) >= 11 is 0. The molecular weight excluding hydrogens is 1000 g/mol. The van der Waals surface area contributed by atoms with Gasteiger partial charge in [-0.1, -0.05) is 72.8 Å². The van der Waals surface area contributed by atoms with Gasteiger partial charge in [0.05, 0.1) is 58.8 Å². The van der Waals surface area contributed by atoms with E-state index >= 15 is 0 Å². The van der Waals surface area contributed by atoms with Gasteiger partial charge >= 0.3 is 11.9 Å². The topological polar surface area (TPSA) is 186 Å². The van der Waals surface area contributed by atoms with Crippen LogP contribution in [0.5, 0.6) is 11.5 Å². The summed E-state index contributed by atoms with van der Waals surface area (Å²) < 4.78 is 38.5. The average molecular weight is 1080 g/mol. The number of methoxy groups -OCH3 is 1. The van der Waals surface area contributed by atoms with Gasteiger partial charge in [0.2, 0.25) is 0 Å². The quantitative estimate of drug-likeness (QED) is 0.0597. The lowest BCUT2D eigenvalue weighted by Crippen LogP contribution is -2.56. The molecule has 14 heteroatoms. The highest BCUT2D eigenvalue weighted by Crippen LogP contribution is 2.54. The van der Waals surface area contributed by atoms with Crippen molar-refractivity contribution >= 4 is 43.9 Å². The van der Waals surface area contributed by atoms with Gasteiger partial charge in [-0.25, -0.2) is 0 Å². The number of fused-ring (bicyclic) bond motifs is 8. The van der Waals surface area contributed by atoms with Crippen molar-refractivity contribution in [3.05, 3.63) is 144 Å². The number of ether oxygens (including phenoxy) is 2. The number of phenols is 1. The first-order valence-corrected chi connectivity index (χ1v) is 30.4. The van der Waals surface area contributed by atoms with Gasteiger partial charge in [-0.05, 0) is 200 Å². The number of aliphatic carboxylic acids is 1. The standard InChI is InChI=1S/C31H36N2O3.C20H24N2O3.C13H18O3S/c34-29(35)30-14-17-31(18-15-30,19-16-30)32-21-25-9-6-24-20-27(12-13-28(24)33-25)36-26-10-7-23(8-11-26)22-4-2-1-3-5-22;1-25-18(24)19-6-9-20(10-7-19,11-8-19)21-13-15-3-2-14-12-16(23)4-5-17(14)22-15;1-17(14,15)16-13-9-7-12(8-10-13)11-5-3-2-4-6-11/h1-6,9,12-13,20,23,26,32H,7-8,10-11,14-19,21H2,(H,34,35);2-5,12,21,23H,6-11,13H2,1H3;2-6,12-13H,7-10H2,1H3. The molecule has 8 saturated carbocycles. The van der Waals surface area contributed by atoms with Gasteiger partial charge in [-0.3, -0.25) is 23.7 Å². The van der Waals surface area contributed by atoms with Gasteiger partial charge in [-0.2, -0.15) is 8.42 Å². The highest BCUT2D eigenvalue weighted by atomic mass is 32.2. The zero-order valence-electron chi connectivity index (χ0n) is 45.5. The molecule has 4 bridgehead atoms. The van der Waals surface area contributed by atoms with Gasteiger partial charge < -0.3 is 30.3 Å². The second-order valence-corrected chi connectivity index (χ2v) is 25.2. The van der Waals surface area contributed by atoms with Crippen LogP contribution >= 0.6 is 0 Å². The zero-order valence-corrected chi connectivity index (χ0v) is 46.3. The number of esters is 1. The Morgan fingerprint density at radius 1 is 0.564 bits per heavy atom. The van der Waals surface area contributed by atoms with Crippen molar-refractivity contribution in [3.63, 3.8) is 0 Å². The van der Waals surface area contributed by atoms with Crippen molar-refractivity contribution in [1.82, 2.24) is 20.6 Å². The van der Waals surface area contributed by atoms with E-state index in [1.165, 1.54) is 31.1 Å². The van der Waals surface area contributed by atoms with Crippen LogP contribution in [0.4, 0.5) is 0 Å². The van der Waals surface area contributed by atoms with Crippen molar-refractivity contribution in [1.29, 1.82) is 0 Å². The molecular formula is C64H78N4O9S. The fraction of sp³-hybridized carbons (Fsp3) is 0.500. The number of pyridine rings is 2. The summed E-state index contributed by atoms with van der Waals surface area (Å²) in [5.74, 6) is 1.77. The van der Waals surface area contributed by atoms with Crippen LogP contribution in [0.2, 0.25) is 0 Å². The van der Waals surface area contributed by atoms with E-state index in [-0.39, 0.29) is 40.4 Å². The van der Waals surface area contributed by atoms with E-state index in [4.69, 9.17) is 18.6 Å². The van der Waals surface area contributed by atoms with Crippen molar-refractivity contribution in [3.8, 4) is 11.5 Å². The Bertz CT molecular complexity index is 3090. The number of hydrogen-bond acceptors (Lipinski definition) is 12. The fourth-order valence-electron chi connectivity index (χ4n) is 13.8. The Balaban J connectivity index is 0.000000142. The van der Waals surface area contributed by atoms with Crippen LogP contribution in [0.3, 0.4) is 0 Å². The Morgan fingerprint density at radius 3 is 1.47 bits per heavy atom. The van der Waals surface area contributed by atoms with Crippen molar-refractivity contribution < 1.29 is 41.9 Å². The van der Waals surface area contributed by atoms with E-state index in [2.05, 4.69) is 101 Å². The molecule has 0 unspecified atom stereocenters. The number of benzene rings is 4. The highest BCUT2D eigenvalue weighted by molar-refractivity contribution is 7.86. The van der Waals surface area contributed by atoms with Crippen LogP contribution in [-0.4, -0.2) is 77.2 Å². The predicted octanol–water partition coefficient (Wildman–Crippen LogP) is 12.6. The number of carbonyl (C=O) groups is 2. The zero-order chi connectivity index (χ0) is 54.4. The van der Waals surface area contributed by atoms with Crippen LogP contribution in [0, 0.1) is 10.8 Å². The fourth-order valence-corrected chi connectivity index (χ4v) is 14.5. The van der Waals surface area contributed by atoms with E-state index in [0.29, 0.717) is 11.8 Å². The summed E-state index contributed by atoms with van der Waals surface area (Å²) in [7, 11) is -1.81. The minimum absolute atomic E-state index is 0.0275. The third-order valence-corrected chi connectivity index (χ3v) is 19.4. The molecule has 414 valence electrons. The molecule has 78 heavy (non-hydrogen) atoms. The van der Waals surface area contributed by atoms with Gasteiger partial charge in [-0.15, -0.1) is 0 Å². The Kier molecular flexibility index (Phi) is 16.9. The lowest BCUT2D eigenvalue weighted by atomic mass is 9.57. The Morgan fingerprint density at radius 2 is 1.01 bits per heavy atom. The second-order valence-electron chi connectivity index (χ2n) is 23.6. The molecule has 0 radical (unpaired) electrons. The molecule has 8 fully saturated rings. The maximum atomic E-state index is 12.1. The largest absolute Gasteiger partial charge is 0.508 e. The van der Waals surface area contributed by atoms with Crippen molar-refractivity contribution in [2.45, 2.75) is 177 Å². The molecule has 8 aliphatic rings. The number of aromatic hydroxyl groups is 1. The summed E-state index contributed by atoms with van der Waals surface area (Å²) in [5.41, 5.74) is 6.23. The molecule has 8 aliphatic carbocycles. The summed E-state index contributed by atoms with van der Waals surface area (Å²) in [6, 6.07) is 41.0. The third kappa shape index (κ3) is 13.2. The van der Waals surface area contributed by atoms with Crippen LogP contribution in [0.25, 0.3) is 21.8 Å². The number of nitrogens with one attached hydrogen (secondary N) is 2. The van der Waals surface area contributed by atoms with E-state index in [1.807, 2.05) is 24.3 Å². The van der Waals surface area contributed by atoms with E-state index < -0.39 is 21.5 Å². The molecule has 6 aromatic rings. The average Bonchev–Trinajstić information content (AvgIpc) is 3.66. The van der Waals surface area contributed by atoms with Gasteiger partial charge in [0, 0.05) is 34.9 Å². The smallest absolute Gasteiger partial charge is 0.311 e. The van der Waals surface area contributed by atoms with E-state index in [0.717, 1.165) is 174 Å². The summed E-state index contributed by atoms with van der Waals surface area (Å²) in [5, 5.41) is 28.7. The molecule has 2 aromatic heterocycles. The minimum atomic E-state index is -3.31. The number of rotatable bonds is 14. The molecule has 14 rings (SSSR count). The molecule has 13 nitrogen and oxygen atoms in total. The lowest BCUT2D eigenvalue weighted by molar-refractivity contribution is -0.160. The Hall–Kier alpha value is -5.93. The molecule has 4 N–H and O–H groups in total. The molecule has 0 spiro atoms. The normalized spacial score (nSPS) is 28.4. The molecule has 0 amide bonds. The van der Waals surface area contributed by atoms with Gasteiger partial charge in [0.1, 0.15) is 11.5 Å². The number of aromatic nitrogens is 2. The molecule has 0 atom stereocenters. The van der Waals surface area contributed by atoms with E-state index in [9.17, 15) is 28.2 Å². The SMILES string of the molecule is COC(=O)C12CCC(NCc3ccc4cc(O)ccc4n3)(CC1)CC2.CS(=O)(=O)OC1CCC(c2ccccc2)CC1.O=C(O)C12CCC(NCc3ccc4cc(OC5CCC(c6ccccc6)CC5)ccc4n3)(CC1)CC2. The maximum Gasteiger partial charge on any atom is 0.311 e. The lowest BCUT2D eigenvalue weighted by Gasteiger charge is -2.52. The monoisotopic (exact) mass is 1080 g/mol. The van der Waals surface area contributed by atoms with Crippen molar-refractivity contribution in [2.24, 2.45) is 10.8 Å². The van der Waals surface area contributed by atoms with E-state index in [1.54, 1.807) is 12.1 Å². The molecule has 0 saturated heterocycles. The first kappa shape index (κ1) is 55.4. The van der Waals surface area contributed by atoms with Gasteiger partial charge in [0.15, 0.2) is 0 Å². The number of phenolic OH excluding ortho intramolecular Hbond substituents is 1. The number of nitrogens with zero attached hydrogens (tertiary/aromatic N) is 2. The summed E-state index contributed by atoms with van der Waals surface area (Å²) in [6.45, 7) is 1.45. The van der Waals surface area contributed by atoms with Crippen LogP contribution < -0.4 is 15.4 Å². The molecule has 0 aliphatic heterocycles. The highest BCUT2D eigenvalue weighted by Gasteiger charge is 2.54. The number of hydrogen-bond donors (Lipinski definition) is 4. The number of carboxylic acids is 1. The van der Waals surface area contributed by atoms with Gasteiger partial charge in [0.25, 0.3) is 10.1 Å². The second kappa shape index (κ2) is 23.8. The number of carbonyl (C=O) groups excluding carboxylic acids is 1. The summed E-state index contributed by atoms with van der Waals surface area (Å²) in [4.78, 5) is 33.4.